The van der Waals surface area contributed by atoms with Crippen LogP contribution in [0.25, 0.3) is 0 Å². The molecule has 2 unspecified atom stereocenters. The lowest BCUT2D eigenvalue weighted by atomic mass is 10.0. The van der Waals surface area contributed by atoms with Crippen molar-refractivity contribution in [3.63, 3.8) is 0 Å². The summed E-state index contributed by atoms with van der Waals surface area (Å²) in [6.45, 7) is 4.15. The Morgan fingerprint density at radius 2 is 0.594 bits per heavy atom. The Morgan fingerprint density at radius 1 is 0.333 bits per heavy atom. The first kappa shape index (κ1) is 92.4. The molecular formula is C86H152NO8P. The highest BCUT2D eigenvalue weighted by molar-refractivity contribution is 7.45. The molecule has 0 fully saturated rings. The number of phosphoric acid groups is 1. The smallest absolute Gasteiger partial charge is 0.306 e. The van der Waals surface area contributed by atoms with Gasteiger partial charge in [0, 0.05) is 12.8 Å². The van der Waals surface area contributed by atoms with Gasteiger partial charge in [0.15, 0.2) is 6.10 Å². The van der Waals surface area contributed by atoms with E-state index in [0.717, 1.165) is 103 Å². The van der Waals surface area contributed by atoms with E-state index in [2.05, 4.69) is 135 Å². The number of unbranched alkanes of at least 4 members (excludes halogenated alkanes) is 40. The van der Waals surface area contributed by atoms with Crippen LogP contribution in [0.4, 0.5) is 0 Å². The predicted octanol–water partition coefficient (Wildman–Crippen LogP) is 26.3. The molecular weight excluding hydrogens is 1210 g/mol. The van der Waals surface area contributed by atoms with Gasteiger partial charge in [0.05, 0.1) is 27.7 Å². The molecule has 0 amide bonds. The molecule has 554 valence electrons. The van der Waals surface area contributed by atoms with E-state index in [1.165, 1.54) is 225 Å². The van der Waals surface area contributed by atoms with E-state index < -0.39 is 26.5 Å². The van der Waals surface area contributed by atoms with Crippen molar-refractivity contribution in [3.8, 4) is 0 Å². The minimum atomic E-state index is -4.65. The first-order valence-electron chi connectivity index (χ1n) is 40.2. The number of nitrogens with zero attached hydrogens (tertiary/aromatic N) is 1. The van der Waals surface area contributed by atoms with Crippen molar-refractivity contribution in [2.45, 2.75) is 367 Å². The molecule has 0 spiro atoms. The molecule has 96 heavy (non-hydrogen) atoms. The maximum atomic E-state index is 12.9. The maximum absolute atomic E-state index is 12.9. The minimum absolute atomic E-state index is 0.0344. The van der Waals surface area contributed by atoms with Gasteiger partial charge >= 0.3 is 11.9 Å². The number of ether oxygens (including phenoxy) is 2. The summed E-state index contributed by atoms with van der Waals surface area (Å²) in [5.74, 6) is -0.827. The normalized spacial score (nSPS) is 13.7. The Labute approximate surface area is 594 Å². The summed E-state index contributed by atoms with van der Waals surface area (Å²) in [6, 6.07) is 0. The van der Waals surface area contributed by atoms with Gasteiger partial charge in [-0.05, 0) is 109 Å². The number of carbonyl (C=O) groups is 2. The first-order chi connectivity index (χ1) is 47.0. The van der Waals surface area contributed by atoms with Gasteiger partial charge in [0.25, 0.3) is 7.82 Å². The van der Waals surface area contributed by atoms with Crippen LogP contribution in [0.5, 0.6) is 0 Å². The Hall–Kier alpha value is -3.59. The highest BCUT2D eigenvalue weighted by atomic mass is 31.2. The van der Waals surface area contributed by atoms with Crippen LogP contribution in [0.1, 0.15) is 361 Å². The largest absolute Gasteiger partial charge is 0.756 e. The molecule has 0 bridgehead atoms. The topological polar surface area (TPSA) is 111 Å². The molecule has 0 heterocycles. The van der Waals surface area contributed by atoms with Crippen molar-refractivity contribution in [3.05, 3.63) is 122 Å². The summed E-state index contributed by atoms with van der Waals surface area (Å²) in [7, 11) is 1.17. The van der Waals surface area contributed by atoms with Crippen molar-refractivity contribution >= 4 is 19.8 Å². The fourth-order valence-electron chi connectivity index (χ4n) is 11.4. The number of esters is 2. The number of hydrogen-bond donors (Lipinski definition) is 0. The van der Waals surface area contributed by atoms with Crippen LogP contribution in [0.2, 0.25) is 0 Å². The second-order valence-electron chi connectivity index (χ2n) is 28.0. The van der Waals surface area contributed by atoms with E-state index in [0.29, 0.717) is 17.4 Å². The van der Waals surface area contributed by atoms with E-state index in [1.54, 1.807) is 0 Å². The van der Waals surface area contributed by atoms with Crippen LogP contribution in [0.15, 0.2) is 122 Å². The van der Waals surface area contributed by atoms with Crippen LogP contribution < -0.4 is 4.89 Å². The Kier molecular flexibility index (Phi) is 72.8. The zero-order chi connectivity index (χ0) is 69.7. The van der Waals surface area contributed by atoms with E-state index in [9.17, 15) is 19.0 Å². The fourth-order valence-corrected chi connectivity index (χ4v) is 12.1. The number of quaternary nitrogens is 1. The summed E-state index contributed by atoms with van der Waals surface area (Å²) in [5.41, 5.74) is 0. The average molecular weight is 1360 g/mol. The summed E-state index contributed by atoms with van der Waals surface area (Å²) in [6.07, 6.45) is 109. The van der Waals surface area contributed by atoms with Crippen LogP contribution in [-0.2, 0) is 32.7 Å². The number of likely N-dealkylation sites (N-methyl/N-ethyl adjacent to an activating group) is 1. The van der Waals surface area contributed by atoms with Crippen molar-refractivity contribution in [2.75, 3.05) is 47.5 Å². The molecule has 0 aliphatic heterocycles. The van der Waals surface area contributed by atoms with Gasteiger partial charge in [-0.2, -0.15) is 0 Å². The van der Waals surface area contributed by atoms with Crippen molar-refractivity contribution in [2.24, 2.45) is 0 Å². The van der Waals surface area contributed by atoms with Crippen molar-refractivity contribution in [1.29, 1.82) is 0 Å². The highest BCUT2D eigenvalue weighted by Crippen LogP contribution is 2.38. The second kappa shape index (κ2) is 75.6. The molecule has 0 aromatic rings. The van der Waals surface area contributed by atoms with Crippen LogP contribution in [0, 0.1) is 0 Å². The number of phosphoric ester groups is 1. The number of allylic oxidation sites excluding steroid dienone is 20. The Balaban J connectivity index is 3.96. The quantitative estimate of drug-likeness (QED) is 0.0195. The molecule has 0 saturated carbocycles. The Morgan fingerprint density at radius 3 is 0.885 bits per heavy atom. The van der Waals surface area contributed by atoms with Crippen LogP contribution >= 0.6 is 7.82 Å². The molecule has 0 saturated heterocycles. The summed E-state index contributed by atoms with van der Waals surface area (Å²) < 4.78 is 34.4. The standard InChI is InChI=1S/C86H152NO8P/c1-6-8-10-12-14-16-18-20-22-24-26-28-30-32-34-36-38-40-41-42-43-44-45-47-48-50-52-54-56-58-60-62-64-66-68-70-72-74-76-78-85(88)92-82-84(83-94-96(90,91)93-81-80-87(3,4)5)95-86(89)79-77-75-73-71-69-67-65-63-61-59-57-55-53-51-49-46-39-37-35-33-31-29-27-25-23-21-19-17-15-13-11-9-7-2/h9,11,15,17-18,20-21,23-24,26-27,29-30,32-33,35,39,46,51,53,84H,6-8,10,12-14,16,19,22,25,28,31,34,36-38,40-45,47-50,52,54-83H2,1-5H3/b11-9-,17-15-,20-18-,23-21-,26-24-,29-27-,32-30-,35-33-,46-39-,53-51-. The van der Waals surface area contributed by atoms with E-state index >= 15 is 0 Å². The van der Waals surface area contributed by atoms with Gasteiger partial charge in [-0.1, -0.05) is 360 Å². The summed E-state index contributed by atoms with van der Waals surface area (Å²) in [4.78, 5) is 38.2. The average Bonchev–Trinajstić information content (AvgIpc) is 1.48. The third-order valence-electron chi connectivity index (χ3n) is 17.5. The third-order valence-corrected chi connectivity index (χ3v) is 18.4. The SMILES string of the molecule is CC/C=C\C/C=C\C/C=C\C/C=C\C/C=C\C/C=C\C/C=C\CCCCCCCCCCCCCC(=O)OC(COC(=O)CCCCCCCCCCCCCCCCCCCCCCCCCC/C=C\C/C=C\C/C=C\CCCCCCC)COP(=O)([O-])OCC[N+](C)(C)C. The van der Waals surface area contributed by atoms with Gasteiger partial charge in [0.1, 0.15) is 19.8 Å². The van der Waals surface area contributed by atoms with E-state index in [-0.39, 0.29) is 32.0 Å². The Bertz CT molecular complexity index is 2040. The fraction of sp³-hybridized carbons (Fsp3) is 0.744. The zero-order valence-corrected chi connectivity index (χ0v) is 64.2. The summed E-state index contributed by atoms with van der Waals surface area (Å²) in [5, 5.41) is 0. The summed E-state index contributed by atoms with van der Waals surface area (Å²) >= 11 is 0. The van der Waals surface area contributed by atoms with Gasteiger partial charge in [-0.25, -0.2) is 0 Å². The molecule has 10 heteroatoms. The lowest BCUT2D eigenvalue weighted by Crippen LogP contribution is -2.37. The molecule has 9 nitrogen and oxygen atoms in total. The van der Waals surface area contributed by atoms with Crippen molar-refractivity contribution < 1.29 is 42.1 Å². The number of carbonyl (C=O) groups excluding carboxylic acids is 2. The number of hydrogen-bond acceptors (Lipinski definition) is 8. The molecule has 0 aromatic heterocycles. The monoisotopic (exact) mass is 1360 g/mol. The number of rotatable bonds is 74. The lowest BCUT2D eigenvalue weighted by molar-refractivity contribution is -0.870. The molecule has 0 N–H and O–H groups in total. The first-order valence-corrected chi connectivity index (χ1v) is 41.7. The molecule has 0 rings (SSSR count). The molecule has 0 aromatic carbocycles. The van der Waals surface area contributed by atoms with E-state index in [4.69, 9.17) is 18.5 Å². The third kappa shape index (κ3) is 79.4. The zero-order valence-electron chi connectivity index (χ0n) is 63.3. The van der Waals surface area contributed by atoms with Crippen molar-refractivity contribution in [1.82, 2.24) is 0 Å². The molecule has 0 aliphatic rings. The molecule has 2 atom stereocenters. The second-order valence-corrected chi connectivity index (χ2v) is 29.5. The van der Waals surface area contributed by atoms with Crippen LogP contribution in [0.3, 0.4) is 0 Å². The minimum Gasteiger partial charge on any atom is -0.756 e. The van der Waals surface area contributed by atoms with Gasteiger partial charge in [-0.15, -0.1) is 0 Å². The van der Waals surface area contributed by atoms with Gasteiger partial charge < -0.3 is 27.9 Å². The highest BCUT2D eigenvalue weighted by Gasteiger charge is 2.22. The van der Waals surface area contributed by atoms with Crippen LogP contribution in [-0.4, -0.2) is 70.0 Å². The van der Waals surface area contributed by atoms with E-state index in [1.807, 2.05) is 21.1 Å². The lowest BCUT2D eigenvalue weighted by Gasteiger charge is -2.28. The van der Waals surface area contributed by atoms with Gasteiger partial charge in [-0.3, -0.25) is 14.2 Å². The molecule has 0 aliphatic carbocycles. The molecule has 0 radical (unpaired) electrons. The predicted molar refractivity (Wildman–Crippen MR) is 415 cm³/mol. The van der Waals surface area contributed by atoms with Gasteiger partial charge in [0.2, 0.25) is 0 Å². The maximum Gasteiger partial charge on any atom is 0.306 e.